The van der Waals surface area contributed by atoms with E-state index >= 15 is 0 Å². The topological polar surface area (TPSA) is 43.4 Å². The normalized spacial score (nSPS) is 33.5. The van der Waals surface area contributed by atoms with Gasteiger partial charge in [-0.3, -0.25) is 9.59 Å². The third kappa shape index (κ3) is 3.00. The van der Waals surface area contributed by atoms with Crippen molar-refractivity contribution >= 4 is 11.6 Å². The number of ketones is 2. The first-order chi connectivity index (χ1) is 12.1. The summed E-state index contributed by atoms with van der Waals surface area (Å²) < 4.78 is 5.37. The SMILES string of the molecule is COc1cc(C)cc(C(=O)[C@H]2[C@H](C)C(=O)C[C@H]3C(C)(C)CCC[C@]23C)c1. The van der Waals surface area contributed by atoms with Gasteiger partial charge in [-0.1, -0.05) is 34.1 Å². The van der Waals surface area contributed by atoms with Gasteiger partial charge in [0.05, 0.1) is 7.11 Å². The van der Waals surface area contributed by atoms with Crippen LogP contribution in [0.2, 0.25) is 0 Å². The molecule has 3 nitrogen and oxygen atoms in total. The van der Waals surface area contributed by atoms with Crippen LogP contribution in [-0.2, 0) is 4.79 Å². The van der Waals surface area contributed by atoms with Gasteiger partial charge < -0.3 is 4.74 Å². The summed E-state index contributed by atoms with van der Waals surface area (Å²) in [6.07, 6.45) is 3.90. The number of fused-ring (bicyclic) bond motifs is 1. The van der Waals surface area contributed by atoms with Gasteiger partial charge in [0.1, 0.15) is 11.5 Å². The maximum absolute atomic E-state index is 13.6. The van der Waals surface area contributed by atoms with Gasteiger partial charge in [0, 0.05) is 23.8 Å². The van der Waals surface area contributed by atoms with Crippen molar-refractivity contribution in [2.75, 3.05) is 7.11 Å². The predicted octanol–water partition coefficient (Wildman–Crippen LogP) is 5.24. The maximum atomic E-state index is 13.6. The highest BCUT2D eigenvalue weighted by Crippen LogP contribution is 2.60. The Morgan fingerprint density at radius 1 is 1.15 bits per heavy atom. The zero-order valence-electron chi connectivity index (χ0n) is 17.0. The largest absolute Gasteiger partial charge is 0.497 e. The number of Topliss-reactive ketones (excluding diaryl/α,β-unsaturated/α-hetero) is 2. The molecule has 3 rings (SSSR count). The Hall–Kier alpha value is -1.64. The van der Waals surface area contributed by atoms with Gasteiger partial charge in [-0.2, -0.15) is 0 Å². The molecule has 1 aromatic carbocycles. The van der Waals surface area contributed by atoms with Crippen LogP contribution in [0.15, 0.2) is 18.2 Å². The number of methoxy groups -OCH3 is 1. The monoisotopic (exact) mass is 356 g/mol. The first-order valence-corrected chi connectivity index (χ1v) is 9.83. The molecule has 0 unspecified atom stereocenters. The second-order valence-corrected chi connectivity index (χ2v) is 9.44. The van der Waals surface area contributed by atoms with Crippen molar-refractivity contribution in [1.82, 2.24) is 0 Å². The van der Waals surface area contributed by atoms with Gasteiger partial charge in [0.2, 0.25) is 0 Å². The van der Waals surface area contributed by atoms with Crippen molar-refractivity contribution in [2.45, 2.75) is 60.3 Å². The summed E-state index contributed by atoms with van der Waals surface area (Å²) in [6.45, 7) is 10.7. The Balaban J connectivity index is 2.07. The molecule has 0 heterocycles. The van der Waals surface area contributed by atoms with Crippen LogP contribution in [0.5, 0.6) is 5.75 Å². The summed E-state index contributed by atoms with van der Waals surface area (Å²) in [5.41, 5.74) is 1.67. The molecule has 3 heteroatoms. The number of aryl methyl sites for hydroxylation is 1. The molecule has 0 spiro atoms. The lowest BCUT2D eigenvalue weighted by molar-refractivity contribution is -0.143. The van der Waals surface area contributed by atoms with E-state index in [-0.39, 0.29) is 40.2 Å². The molecule has 0 N–H and O–H groups in total. The maximum Gasteiger partial charge on any atom is 0.167 e. The van der Waals surface area contributed by atoms with Crippen molar-refractivity contribution in [3.8, 4) is 5.75 Å². The lowest BCUT2D eigenvalue weighted by Crippen LogP contribution is -2.56. The van der Waals surface area contributed by atoms with Gasteiger partial charge in [-0.15, -0.1) is 0 Å². The van der Waals surface area contributed by atoms with Crippen LogP contribution in [-0.4, -0.2) is 18.7 Å². The van der Waals surface area contributed by atoms with Crippen molar-refractivity contribution in [3.05, 3.63) is 29.3 Å². The summed E-state index contributed by atoms with van der Waals surface area (Å²) in [5, 5.41) is 0. The second-order valence-electron chi connectivity index (χ2n) is 9.44. The number of hydrogen-bond donors (Lipinski definition) is 0. The molecule has 0 aromatic heterocycles. The molecule has 0 bridgehead atoms. The molecular weight excluding hydrogens is 324 g/mol. The van der Waals surface area contributed by atoms with Crippen LogP contribution < -0.4 is 4.74 Å². The number of carbonyl (C=O) groups excluding carboxylic acids is 2. The fraction of sp³-hybridized carbons (Fsp3) is 0.652. The molecule has 2 saturated carbocycles. The van der Waals surface area contributed by atoms with Gasteiger partial charge in [0.15, 0.2) is 5.78 Å². The Kier molecular flexibility index (Phi) is 4.79. The van der Waals surface area contributed by atoms with Gasteiger partial charge >= 0.3 is 0 Å². The summed E-state index contributed by atoms with van der Waals surface area (Å²) in [5.74, 6) is 0.865. The average molecular weight is 357 g/mol. The minimum absolute atomic E-state index is 0.103. The van der Waals surface area contributed by atoms with E-state index in [0.29, 0.717) is 17.7 Å². The molecule has 0 saturated heterocycles. The third-order valence-electron chi connectivity index (χ3n) is 7.25. The van der Waals surface area contributed by atoms with Crippen LogP contribution in [0.1, 0.15) is 69.3 Å². The molecule has 26 heavy (non-hydrogen) atoms. The number of ether oxygens (including phenoxy) is 1. The summed E-state index contributed by atoms with van der Waals surface area (Å²) in [6, 6.07) is 5.69. The van der Waals surface area contributed by atoms with Crippen LogP contribution >= 0.6 is 0 Å². The number of benzene rings is 1. The molecule has 2 fully saturated rings. The van der Waals surface area contributed by atoms with Crippen LogP contribution in [0, 0.1) is 35.5 Å². The molecule has 2 aliphatic carbocycles. The van der Waals surface area contributed by atoms with E-state index in [4.69, 9.17) is 4.74 Å². The number of hydrogen-bond acceptors (Lipinski definition) is 3. The highest BCUT2D eigenvalue weighted by atomic mass is 16.5. The standard InChI is InChI=1S/C23H32O3/c1-14-10-16(12-17(11-14)26-6)21(25)20-15(2)18(24)13-19-22(3,4)8-7-9-23(19,20)5/h10-12,15,19-20H,7-9,13H2,1-6H3/t15-,19+,20-,23+/m1/s1. The van der Waals surface area contributed by atoms with E-state index < -0.39 is 0 Å². The van der Waals surface area contributed by atoms with Crippen molar-refractivity contribution in [1.29, 1.82) is 0 Å². The first-order valence-electron chi connectivity index (χ1n) is 9.83. The minimum Gasteiger partial charge on any atom is -0.497 e. The highest BCUT2D eigenvalue weighted by molar-refractivity contribution is 6.02. The average Bonchev–Trinajstić information content (AvgIpc) is 2.56. The van der Waals surface area contributed by atoms with E-state index in [1.165, 1.54) is 0 Å². The first kappa shape index (κ1) is 19.1. The van der Waals surface area contributed by atoms with Crippen molar-refractivity contribution in [3.63, 3.8) is 0 Å². The van der Waals surface area contributed by atoms with Gasteiger partial charge in [-0.05, 0) is 60.3 Å². The molecule has 1 aromatic rings. The van der Waals surface area contributed by atoms with E-state index in [1.54, 1.807) is 7.11 Å². The molecule has 4 atom stereocenters. The predicted molar refractivity (Wildman–Crippen MR) is 104 cm³/mol. The lowest BCUT2D eigenvalue weighted by Gasteiger charge is -2.57. The van der Waals surface area contributed by atoms with Crippen molar-refractivity contribution < 1.29 is 14.3 Å². The molecule has 0 aliphatic heterocycles. The quantitative estimate of drug-likeness (QED) is 0.695. The molecule has 0 radical (unpaired) electrons. The van der Waals surface area contributed by atoms with E-state index in [1.807, 2.05) is 32.0 Å². The summed E-state index contributed by atoms with van der Waals surface area (Å²) in [7, 11) is 1.62. The van der Waals surface area contributed by atoms with E-state index in [0.717, 1.165) is 24.8 Å². The summed E-state index contributed by atoms with van der Waals surface area (Å²) in [4.78, 5) is 26.5. The fourth-order valence-electron chi connectivity index (χ4n) is 5.91. The van der Waals surface area contributed by atoms with E-state index in [9.17, 15) is 9.59 Å². The Bertz CT molecular complexity index is 733. The van der Waals surface area contributed by atoms with Gasteiger partial charge in [-0.25, -0.2) is 0 Å². The van der Waals surface area contributed by atoms with Crippen LogP contribution in [0.3, 0.4) is 0 Å². The zero-order chi connectivity index (χ0) is 19.3. The molecule has 0 amide bonds. The summed E-state index contributed by atoms with van der Waals surface area (Å²) >= 11 is 0. The highest BCUT2D eigenvalue weighted by Gasteiger charge is 2.58. The Morgan fingerprint density at radius 2 is 1.85 bits per heavy atom. The zero-order valence-corrected chi connectivity index (χ0v) is 17.0. The van der Waals surface area contributed by atoms with Crippen LogP contribution in [0.25, 0.3) is 0 Å². The second kappa shape index (κ2) is 6.51. The molecule has 2 aliphatic rings. The Labute approximate surface area is 157 Å². The molecular formula is C23H32O3. The van der Waals surface area contributed by atoms with Crippen molar-refractivity contribution in [2.24, 2.45) is 28.6 Å². The molecule has 142 valence electrons. The number of rotatable bonds is 3. The third-order valence-corrected chi connectivity index (χ3v) is 7.25. The Morgan fingerprint density at radius 3 is 2.50 bits per heavy atom. The smallest absolute Gasteiger partial charge is 0.167 e. The minimum atomic E-state index is -0.250. The van der Waals surface area contributed by atoms with Crippen LogP contribution in [0.4, 0.5) is 0 Å². The number of carbonyl (C=O) groups is 2. The van der Waals surface area contributed by atoms with E-state index in [2.05, 4.69) is 20.8 Å². The lowest BCUT2D eigenvalue weighted by atomic mass is 9.45. The fourth-order valence-corrected chi connectivity index (χ4v) is 5.91. The van der Waals surface area contributed by atoms with Gasteiger partial charge in [0.25, 0.3) is 0 Å².